The van der Waals surface area contributed by atoms with Gasteiger partial charge >= 0.3 is 19.2 Å². The third-order valence-corrected chi connectivity index (χ3v) is 4.92. The second kappa shape index (κ2) is 10.7. The van der Waals surface area contributed by atoms with Crippen molar-refractivity contribution >= 4 is 17.3 Å². The molecule has 11 heteroatoms. The van der Waals surface area contributed by atoms with Crippen LogP contribution in [0.5, 0.6) is 11.5 Å². The van der Waals surface area contributed by atoms with Crippen LogP contribution in [-0.2, 0) is 9.57 Å². The van der Waals surface area contributed by atoms with E-state index in [4.69, 9.17) is 9.57 Å². The van der Waals surface area contributed by atoms with Gasteiger partial charge in [0.25, 0.3) is 0 Å². The average molecular weight is 513 g/mol. The number of hydroxylamine groups is 1. The number of benzene rings is 2. The number of halogens is 4. The van der Waals surface area contributed by atoms with E-state index in [9.17, 15) is 22.4 Å². The molecule has 2 aromatic carbocycles. The van der Waals surface area contributed by atoms with Gasteiger partial charge in [-0.15, -0.1) is 5.48 Å². The zero-order valence-electron chi connectivity index (χ0n) is 20.5. The highest BCUT2D eigenvalue weighted by molar-refractivity contribution is 5.91. The molecule has 1 aliphatic heterocycles. The molecule has 0 saturated heterocycles. The van der Waals surface area contributed by atoms with Crippen molar-refractivity contribution in [3.63, 3.8) is 0 Å². The van der Waals surface area contributed by atoms with E-state index in [1.165, 1.54) is 12.1 Å². The van der Waals surface area contributed by atoms with E-state index in [0.717, 1.165) is 6.07 Å². The number of esters is 1. The normalized spacial score (nSPS) is 17.6. The van der Waals surface area contributed by atoms with Crippen LogP contribution in [0.1, 0.15) is 45.0 Å². The van der Waals surface area contributed by atoms with Crippen LogP contribution in [0.4, 0.5) is 28.9 Å². The summed E-state index contributed by atoms with van der Waals surface area (Å²) in [4.78, 5) is 19.7. The Kier molecular flexibility index (Phi) is 8.02. The molecule has 7 nitrogen and oxygen atoms in total. The highest BCUT2D eigenvalue weighted by atomic mass is 19.3. The van der Waals surface area contributed by atoms with Crippen molar-refractivity contribution in [2.45, 2.75) is 59.0 Å². The summed E-state index contributed by atoms with van der Waals surface area (Å²) < 4.78 is 65.9. The standard InChI is InChI=1S/C25H28F4N2O5/c1-15-13-25(5,30-36-15)14-31(17-8-6-7-16(11-17)21(32)35-24(2,3)4)18-9-10-19(33-22(26)27)20(12-18)34-23(28)29/h6-13,22-23,30H,14H2,1-5H3. The molecular weight excluding hydrogens is 484 g/mol. The maximum absolute atomic E-state index is 13.0. The highest BCUT2D eigenvalue weighted by Crippen LogP contribution is 2.38. The van der Waals surface area contributed by atoms with Gasteiger partial charge in [-0.3, -0.25) is 0 Å². The molecule has 196 valence electrons. The van der Waals surface area contributed by atoms with Crippen LogP contribution in [0, 0.1) is 0 Å². The van der Waals surface area contributed by atoms with Gasteiger partial charge in [0.15, 0.2) is 11.5 Å². The third-order valence-electron chi connectivity index (χ3n) is 4.92. The summed E-state index contributed by atoms with van der Waals surface area (Å²) >= 11 is 0. The molecule has 0 radical (unpaired) electrons. The Balaban J connectivity index is 2.07. The fourth-order valence-corrected chi connectivity index (χ4v) is 3.63. The monoisotopic (exact) mass is 512 g/mol. The summed E-state index contributed by atoms with van der Waals surface area (Å²) in [5.41, 5.74) is 2.55. The SMILES string of the molecule is CC1=CC(C)(CN(c2cccc(C(=O)OC(C)(C)C)c2)c2ccc(OC(F)F)c(OC(F)F)c2)NO1. The molecule has 0 spiro atoms. The Hall–Kier alpha value is -3.47. The number of nitrogens with zero attached hydrogens (tertiary/aromatic N) is 1. The van der Waals surface area contributed by atoms with Crippen molar-refractivity contribution in [2.24, 2.45) is 0 Å². The number of hydrogen-bond donors (Lipinski definition) is 1. The topological polar surface area (TPSA) is 69.3 Å². The van der Waals surface area contributed by atoms with Crippen LogP contribution in [0.3, 0.4) is 0 Å². The summed E-state index contributed by atoms with van der Waals surface area (Å²) in [6, 6.07) is 10.2. The Morgan fingerprint density at radius 3 is 2.25 bits per heavy atom. The number of ether oxygens (including phenoxy) is 3. The average Bonchev–Trinajstić information content (AvgIpc) is 3.10. The molecular formula is C25H28F4N2O5. The van der Waals surface area contributed by atoms with E-state index in [2.05, 4.69) is 15.0 Å². The van der Waals surface area contributed by atoms with E-state index < -0.39 is 41.8 Å². The van der Waals surface area contributed by atoms with Crippen molar-refractivity contribution in [2.75, 3.05) is 11.4 Å². The van der Waals surface area contributed by atoms with Crippen LogP contribution < -0.4 is 19.9 Å². The van der Waals surface area contributed by atoms with Crippen molar-refractivity contribution in [3.05, 3.63) is 59.9 Å². The minimum Gasteiger partial charge on any atom is -0.456 e. The Morgan fingerprint density at radius 2 is 1.67 bits per heavy atom. The Morgan fingerprint density at radius 1 is 1.03 bits per heavy atom. The molecule has 0 amide bonds. The van der Waals surface area contributed by atoms with Crippen molar-refractivity contribution in [1.82, 2.24) is 5.48 Å². The second-order valence-corrected chi connectivity index (χ2v) is 9.40. The molecule has 36 heavy (non-hydrogen) atoms. The number of carbonyl (C=O) groups is 1. The van der Waals surface area contributed by atoms with E-state index in [0.29, 0.717) is 17.1 Å². The van der Waals surface area contributed by atoms with E-state index >= 15 is 0 Å². The van der Waals surface area contributed by atoms with Crippen molar-refractivity contribution in [3.8, 4) is 11.5 Å². The van der Waals surface area contributed by atoms with Gasteiger partial charge in [0.05, 0.1) is 11.1 Å². The largest absolute Gasteiger partial charge is 0.456 e. The van der Waals surface area contributed by atoms with Crippen LogP contribution in [-0.4, -0.2) is 36.9 Å². The van der Waals surface area contributed by atoms with Gasteiger partial charge < -0.3 is 23.9 Å². The Bertz CT molecular complexity index is 1120. The van der Waals surface area contributed by atoms with Gasteiger partial charge in [0.1, 0.15) is 11.4 Å². The first-order valence-corrected chi connectivity index (χ1v) is 11.0. The lowest BCUT2D eigenvalue weighted by Crippen LogP contribution is -2.45. The van der Waals surface area contributed by atoms with Crippen LogP contribution in [0.2, 0.25) is 0 Å². The summed E-state index contributed by atoms with van der Waals surface area (Å²) in [6.07, 6.45) is 1.84. The quantitative estimate of drug-likeness (QED) is 0.318. The summed E-state index contributed by atoms with van der Waals surface area (Å²) in [7, 11) is 0. The molecule has 0 aliphatic carbocycles. The number of rotatable bonds is 9. The lowest BCUT2D eigenvalue weighted by atomic mass is 10.0. The lowest BCUT2D eigenvalue weighted by molar-refractivity contribution is -0.0692. The van der Waals surface area contributed by atoms with Gasteiger partial charge in [-0.1, -0.05) is 6.07 Å². The third kappa shape index (κ3) is 7.27. The number of nitrogens with one attached hydrogen (secondary N) is 1. The summed E-state index contributed by atoms with van der Waals surface area (Å²) in [6.45, 7) is 2.55. The van der Waals surface area contributed by atoms with Crippen LogP contribution in [0.15, 0.2) is 54.3 Å². The molecule has 0 aromatic heterocycles. The maximum atomic E-state index is 13.0. The molecule has 0 fully saturated rings. The lowest BCUT2D eigenvalue weighted by Gasteiger charge is -2.33. The predicted molar refractivity (Wildman–Crippen MR) is 125 cm³/mol. The molecule has 1 aliphatic rings. The molecule has 1 N–H and O–H groups in total. The van der Waals surface area contributed by atoms with E-state index in [1.54, 1.807) is 56.9 Å². The van der Waals surface area contributed by atoms with Gasteiger partial charge in [-0.2, -0.15) is 17.6 Å². The number of anilines is 2. The first-order chi connectivity index (χ1) is 16.7. The Labute approximate surface area is 206 Å². The van der Waals surface area contributed by atoms with Gasteiger partial charge in [0.2, 0.25) is 0 Å². The molecule has 1 atom stereocenters. The fraction of sp³-hybridized carbons (Fsp3) is 0.400. The number of carbonyl (C=O) groups excluding carboxylic acids is 1. The van der Waals surface area contributed by atoms with Crippen LogP contribution in [0.25, 0.3) is 0 Å². The zero-order chi connectivity index (χ0) is 26.7. The molecule has 3 rings (SSSR count). The summed E-state index contributed by atoms with van der Waals surface area (Å²) in [5.74, 6) is -1.03. The van der Waals surface area contributed by atoms with Crippen molar-refractivity contribution in [1.29, 1.82) is 0 Å². The minimum absolute atomic E-state index is 0.200. The fourth-order valence-electron chi connectivity index (χ4n) is 3.63. The van der Waals surface area contributed by atoms with Gasteiger partial charge in [-0.05, 0) is 71.0 Å². The smallest absolute Gasteiger partial charge is 0.387 e. The maximum Gasteiger partial charge on any atom is 0.387 e. The zero-order valence-corrected chi connectivity index (χ0v) is 20.5. The molecule has 2 aromatic rings. The van der Waals surface area contributed by atoms with E-state index in [-0.39, 0.29) is 12.1 Å². The van der Waals surface area contributed by atoms with Gasteiger partial charge in [0, 0.05) is 24.0 Å². The summed E-state index contributed by atoms with van der Waals surface area (Å²) in [5, 5.41) is 0. The first kappa shape index (κ1) is 27.1. The molecule has 1 heterocycles. The number of hydrogen-bond acceptors (Lipinski definition) is 7. The predicted octanol–water partition coefficient (Wildman–Crippen LogP) is 6.18. The minimum atomic E-state index is -3.27. The number of alkyl halides is 4. The second-order valence-electron chi connectivity index (χ2n) is 9.40. The molecule has 0 bridgehead atoms. The van der Waals surface area contributed by atoms with Gasteiger partial charge in [-0.25, -0.2) is 4.79 Å². The van der Waals surface area contributed by atoms with Crippen LogP contribution >= 0.6 is 0 Å². The molecule has 0 saturated carbocycles. The highest BCUT2D eigenvalue weighted by Gasteiger charge is 2.32. The first-order valence-electron chi connectivity index (χ1n) is 11.0. The van der Waals surface area contributed by atoms with Crippen molar-refractivity contribution < 1.29 is 41.4 Å². The number of allylic oxidation sites excluding steroid dienone is 1. The molecule has 1 unspecified atom stereocenters. The van der Waals surface area contributed by atoms with E-state index in [1.807, 2.05) is 13.0 Å².